The molecule has 0 atom stereocenters. The minimum Gasteiger partial charge on any atom is -0.499 e. The van der Waals surface area contributed by atoms with Crippen molar-refractivity contribution in [3.05, 3.63) is 12.0 Å². The lowest BCUT2D eigenvalue weighted by Crippen LogP contribution is -2.16. The summed E-state index contributed by atoms with van der Waals surface area (Å²) in [6.45, 7) is 5.26. The molecular formula is C8H14N2O2. The fourth-order valence-electron chi connectivity index (χ4n) is 0.505. The van der Waals surface area contributed by atoms with Crippen LogP contribution in [0.5, 0.6) is 0 Å². The Morgan fingerprint density at radius 1 is 1.50 bits per heavy atom. The van der Waals surface area contributed by atoms with Gasteiger partial charge in [0.1, 0.15) is 24.8 Å². The molecule has 0 aliphatic carbocycles. The van der Waals surface area contributed by atoms with E-state index in [1.807, 2.05) is 19.9 Å². The van der Waals surface area contributed by atoms with E-state index < -0.39 is 0 Å². The summed E-state index contributed by atoms with van der Waals surface area (Å²) < 4.78 is 9.90. The molecule has 12 heavy (non-hydrogen) atoms. The van der Waals surface area contributed by atoms with Gasteiger partial charge in [-0.2, -0.15) is 5.26 Å². The van der Waals surface area contributed by atoms with Gasteiger partial charge in [-0.15, -0.1) is 0 Å². The maximum absolute atomic E-state index is 8.54. The molecule has 0 rings (SSSR count). The zero-order valence-corrected chi connectivity index (χ0v) is 7.46. The van der Waals surface area contributed by atoms with Crippen molar-refractivity contribution in [2.45, 2.75) is 13.8 Å². The number of nitrogens with one attached hydrogen (secondary N) is 1. The molecule has 0 aliphatic heterocycles. The highest BCUT2D eigenvalue weighted by Gasteiger charge is 1.92. The molecule has 0 radical (unpaired) electrons. The Bertz CT molecular complexity index is 172. The van der Waals surface area contributed by atoms with Crippen molar-refractivity contribution in [1.82, 2.24) is 5.32 Å². The minimum absolute atomic E-state index is 0.336. The summed E-state index contributed by atoms with van der Waals surface area (Å²) in [4.78, 5) is 0. The van der Waals surface area contributed by atoms with Gasteiger partial charge in [0.25, 0.3) is 0 Å². The lowest BCUT2D eigenvalue weighted by atomic mass is 10.5. The Morgan fingerprint density at radius 2 is 2.25 bits per heavy atom. The highest BCUT2D eigenvalue weighted by atomic mass is 16.5. The van der Waals surface area contributed by atoms with Gasteiger partial charge in [0.2, 0.25) is 0 Å². The second-order valence-electron chi connectivity index (χ2n) is 1.91. The monoisotopic (exact) mass is 170 g/mol. The van der Waals surface area contributed by atoms with Gasteiger partial charge in [0.15, 0.2) is 0 Å². The van der Waals surface area contributed by atoms with Crippen LogP contribution in [-0.4, -0.2) is 19.9 Å². The molecular weight excluding hydrogens is 156 g/mol. The molecule has 4 nitrogen and oxygen atoms in total. The van der Waals surface area contributed by atoms with Crippen molar-refractivity contribution in [3.8, 4) is 6.07 Å². The van der Waals surface area contributed by atoms with Crippen molar-refractivity contribution in [1.29, 1.82) is 5.26 Å². The van der Waals surface area contributed by atoms with E-state index in [1.165, 1.54) is 6.26 Å². The first kappa shape index (κ1) is 10.8. The lowest BCUT2D eigenvalue weighted by molar-refractivity contribution is 0.135. The van der Waals surface area contributed by atoms with Crippen molar-refractivity contribution in [2.24, 2.45) is 0 Å². The fraction of sp³-hybridized carbons (Fsp3) is 0.625. The molecule has 0 amide bonds. The number of hydrogen-bond donors (Lipinski definition) is 1. The van der Waals surface area contributed by atoms with E-state index in [4.69, 9.17) is 14.7 Å². The first-order valence-corrected chi connectivity index (χ1v) is 3.88. The molecule has 0 fully saturated rings. The van der Waals surface area contributed by atoms with Crippen LogP contribution in [0.15, 0.2) is 12.0 Å². The maximum atomic E-state index is 8.54. The van der Waals surface area contributed by atoms with Crippen LogP contribution in [0.2, 0.25) is 0 Å². The van der Waals surface area contributed by atoms with E-state index in [0.29, 0.717) is 25.6 Å². The van der Waals surface area contributed by atoms with E-state index in [0.717, 1.165) is 0 Å². The number of ether oxygens (including phenoxy) is 2. The SMILES string of the molecule is CCO/C=C(\C#N)NCOCC. The van der Waals surface area contributed by atoms with Gasteiger partial charge in [-0.3, -0.25) is 0 Å². The smallest absolute Gasteiger partial charge is 0.150 e. The summed E-state index contributed by atoms with van der Waals surface area (Å²) in [5.74, 6) is 0. The molecule has 0 unspecified atom stereocenters. The molecule has 0 heterocycles. The standard InChI is InChI=1S/C8H14N2O2/c1-3-11-6-8(5-9)10-7-12-4-2/h6,10H,3-4,7H2,1-2H3/b8-6+. The van der Waals surface area contributed by atoms with E-state index >= 15 is 0 Å². The number of allylic oxidation sites excluding steroid dienone is 1. The van der Waals surface area contributed by atoms with Gasteiger partial charge in [-0.25, -0.2) is 0 Å². The highest BCUT2D eigenvalue weighted by Crippen LogP contribution is 1.87. The van der Waals surface area contributed by atoms with Crippen LogP contribution in [0.1, 0.15) is 13.8 Å². The Hall–Kier alpha value is -1.21. The number of nitriles is 1. The summed E-state index contributed by atoms with van der Waals surface area (Å²) in [6.07, 6.45) is 1.39. The second-order valence-corrected chi connectivity index (χ2v) is 1.91. The van der Waals surface area contributed by atoms with E-state index in [9.17, 15) is 0 Å². The van der Waals surface area contributed by atoms with Crippen molar-refractivity contribution in [3.63, 3.8) is 0 Å². The third-order valence-corrected chi connectivity index (χ3v) is 1.06. The minimum atomic E-state index is 0.336. The molecule has 0 aromatic carbocycles. The average molecular weight is 170 g/mol. The Labute approximate surface area is 72.8 Å². The first-order chi connectivity index (χ1) is 5.85. The summed E-state index contributed by atoms with van der Waals surface area (Å²) in [5, 5.41) is 11.3. The molecule has 0 bridgehead atoms. The van der Waals surface area contributed by atoms with Gasteiger partial charge in [-0.05, 0) is 13.8 Å². The van der Waals surface area contributed by atoms with E-state index in [1.54, 1.807) is 0 Å². The van der Waals surface area contributed by atoms with Gasteiger partial charge in [-0.1, -0.05) is 0 Å². The van der Waals surface area contributed by atoms with Crippen LogP contribution in [0, 0.1) is 11.3 Å². The van der Waals surface area contributed by atoms with Crippen LogP contribution < -0.4 is 5.32 Å². The largest absolute Gasteiger partial charge is 0.499 e. The molecule has 0 spiro atoms. The van der Waals surface area contributed by atoms with Crippen molar-refractivity contribution < 1.29 is 9.47 Å². The topological polar surface area (TPSA) is 54.3 Å². The van der Waals surface area contributed by atoms with Gasteiger partial charge >= 0.3 is 0 Å². The van der Waals surface area contributed by atoms with Gasteiger partial charge in [0, 0.05) is 6.61 Å². The van der Waals surface area contributed by atoms with E-state index in [2.05, 4.69) is 5.32 Å². The van der Waals surface area contributed by atoms with Crippen LogP contribution in [-0.2, 0) is 9.47 Å². The molecule has 0 saturated heterocycles. The quantitative estimate of drug-likeness (QED) is 0.279. The molecule has 68 valence electrons. The van der Waals surface area contributed by atoms with Crippen molar-refractivity contribution in [2.75, 3.05) is 19.9 Å². The van der Waals surface area contributed by atoms with Gasteiger partial charge in [0.05, 0.1) is 6.61 Å². The highest BCUT2D eigenvalue weighted by molar-refractivity contribution is 5.15. The number of hydrogen-bond acceptors (Lipinski definition) is 4. The molecule has 0 aromatic rings. The van der Waals surface area contributed by atoms with Crippen molar-refractivity contribution >= 4 is 0 Å². The maximum Gasteiger partial charge on any atom is 0.150 e. The Kier molecular flexibility index (Phi) is 7.10. The predicted molar refractivity (Wildman–Crippen MR) is 45.0 cm³/mol. The van der Waals surface area contributed by atoms with Crippen LogP contribution >= 0.6 is 0 Å². The van der Waals surface area contributed by atoms with Crippen LogP contribution in [0.3, 0.4) is 0 Å². The molecule has 4 heteroatoms. The van der Waals surface area contributed by atoms with Gasteiger partial charge < -0.3 is 14.8 Å². The molecule has 1 N–H and O–H groups in total. The first-order valence-electron chi connectivity index (χ1n) is 3.88. The summed E-state index contributed by atoms with van der Waals surface area (Å²) in [7, 11) is 0. The second kappa shape index (κ2) is 7.89. The zero-order chi connectivity index (χ0) is 9.23. The molecule has 0 saturated carbocycles. The summed E-state index contributed by atoms with van der Waals surface area (Å²) in [6, 6.07) is 1.94. The summed E-state index contributed by atoms with van der Waals surface area (Å²) in [5.41, 5.74) is 0.380. The number of rotatable bonds is 6. The third-order valence-electron chi connectivity index (χ3n) is 1.06. The summed E-state index contributed by atoms with van der Waals surface area (Å²) >= 11 is 0. The van der Waals surface area contributed by atoms with Crippen LogP contribution in [0.25, 0.3) is 0 Å². The van der Waals surface area contributed by atoms with E-state index in [-0.39, 0.29) is 0 Å². The third kappa shape index (κ3) is 5.57. The number of nitrogens with zero attached hydrogens (tertiary/aromatic N) is 1. The van der Waals surface area contributed by atoms with Crippen LogP contribution in [0.4, 0.5) is 0 Å². The fourth-order valence-corrected chi connectivity index (χ4v) is 0.505. The Morgan fingerprint density at radius 3 is 2.75 bits per heavy atom. The normalized spacial score (nSPS) is 10.6. The average Bonchev–Trinajstić information content (AvgIpc) is 2.11. The predicted octanol–water partition coefficient (Wildman–Crippen LogP) is 0.971. The molecule has 0 aromatic heterocycles. The Balaban J connectivity index is 3.61. The lowest BCUT2D eigenvalue weighted by Gasteiger charge is -2.03. The zero-order valence-electron chi connectivity index (χ0n) is 7.46. The molecule has 0 aliphatic rings.